The van der Waals surface area contributed by atoms with Crippen molar-refractivity contribution >= 4 is 5.78 Å². The molecule has 3 nitrogen and oxygen atoms in total. The quantitative estimate of drug-likeness (QED) is 0.785. The van der Waals surface area contributed by atoms with Crippen LogP contribution in [0.3, 0.4) is 0 Å². The molecule has 0 aliphatic carbocycles. The average Bonchev–Trinajstić information content (AvgIpc) is 2.74. The van der Waals surface area contributed by atoms with Crippen LogP contribution in [0.15, 0.2) is 24.5 Å². The average molecular weight is 250 g/mol. The number of benzene rings is 1. The van der Waals surface area contributed by atoms with Crippen molar-refractivity contribution in [2.24, 2.45) is 0 Å². The molecule has 0 bridgehead atoms. The van der Waals surface area contributed by atoms with Gasteiger partial charge >= 0.3 is 0 Å². The van der Waals surface area contributed by atoms with E-state index in [4.69, 9.17) is 0 Å². The van der Waals surface area contributed by atoms with Crippen LogP contribution in [0.1, 0.15) is 28.4 Å². The van der Waals surface area contributed by atoms with Crippen LogP contribution in [0, 0.1) is 18.6 Å². The maximum Gasteiger partial charge on any atom is 0.162 e. The lowest BCUT2D eigenvalue weighted by Gasteiger charge is -2.05. The molecule has 0 saturated heterocycles. The minimum absolute atomic E-state index is 0.0808. The molecular formula is C13H12F2N2O. The fourth-order valence-electron chi connectivity index (χ4n) is 1.71. The number of aryl methyl sites for hydroxylation is 1. The first-order valence-electron chi connectivity index (χ1n) is 5.45. The normalized spacial score (nSPS) is 10.7. The Morgan fingerprint density at radius 1 is 1.39 bits per heavy atom. The number of rotatable bonds is 3. The van der Waals surface area contributed by atoms with E-state index in [9.17, 15) is 13.6 Å². The van der Waals surface area contributed by atoms with E-state index in [2.05, 4.69) is 5.10 Å². The van der Waals surface area contributed by atoms with Crippen molar-refractivity contribution in [3.63, 3.8) is 0 Å². The Labute approximate surface area is 103 Å². The highest BCUT2D eigenvalue weighted by Crippen LogP contribution is 2.15. The number of halogens is 2. The third kappa shape index (κ3) is 2.45. The van der Waals surface area contributed by atoms with E-state index in [0.29, 0.717) is 17.7 Å². The fraction of sp³-hybridized carbons (Fsp3) is 0.231. The molecule has 0 aliphatic heterocycles. The maximum atomic E-state index is 13.2. The van der Waals surface area contributed by atoms with E-state index < -0.39 is 11.6 Å². The van der Waals surface area contributed by atoms with E-state index in [1.807, 2.05) is 0 Å². The SMILES string of the molecule is CC(=O)c1cnn(Cc2cc(C)c(F)c(F)c2)c1. The highest BCUT2D eigenvalue weighted by atomic mass is 19.2. The number of hydrogen-bond donors (Lipinski definition) is 0. The van der Waals surface area contributed by atoms with Crippen molar-refractivity contribution in [1.82, 2.24) is 9.78 Å². The van der Waals surface area contributed by atoms with Crippen LogP contribution in [0.4, 0.5) is 8.78 Å². The smallest absolute Gasteiger partial charge is 0.162 e. The Bertz CT molecular complexity index is 582. The highest BCUT2D eigenvalue weighted by Gasteiger charge is 2.09. The molecule has 2 aromatic rings. The summed E-state index contributed by atoms with van der Waals surface area (Å²) in [6.07, 6.45) is 3.04. The highest BCUT2D eigenvalue weighted by molar-refractivity contribution is 5.93. The predicted octanol–water partition coefficient (Wildman–Crippen LogP) is 2.72. The molecular weight excluding hydrogens is 238 g/mol. The van der Waals surface area contributed by atoms with E-state index in [1.54, 1.807) is 12.3 Å². The van der Waals surface area contributed by atoms with Gasteiger partial charge in [-0.05, 0) is 31.0 Å². The molecule has 0 amide bonds. The van der Waals surface area contributed by atoms with E-state index >= 15 is 0 Å². The molecule has 2 rings (SSSR count). The molecule has 18 heavy (non-hydrogen) atoms. The van der Waals surface area contributed by atoms with Crippen molar-refractivity contribution in [3.05, 3.63) is 52.9 Å². The number of Topliss-reactive ketones (excluding diaryl/α,β-unsaturated/α-hetero) is 1. The Morgan fingerprint density at radius 2 is 2.11 bits per heavy atom. The zero-order valence-electron chi connectivity index (χ0n) is 10.1. The zero-order valence-corrected chi connectivity index (χ0v) is 10.1. The van der Waals surface area contributed by atoms with Gasteiger partial charge in [-0.25, -0.2) is 8.78 Å². The molecule has 0 unspecified atom stereocenters. The second kappa shape index (κ2) is 4.68. The molecule has 0 fully saturated rings. The molecule has 5 heteroatoms. The van der Waals surface area contributed by atoms with Gasteiger partial charge in [-0.2, -0.15) is 5.10 Å². The summed E-state index contributed by atoms with van der Waals surface area (Å²) in [4.78, 5) is 11.1. The summed E-state index contributed by atoms with van der Waals surface area (Å²) < 4.78 is 27.9. The second-order valence-electron chi connectivity index (χ2n) is 4.19. The lowest BCUT2D eigenvalue weighted by atomic mass is 10.1. The van der Waals surface area contributed by atoms with Gasteiger partial charge < -0.3 is 0 Å². The number of hydrogen-bond acceptors (Lipinski definition) is 2. The van der Waals surface area contributed by atoms with Crippen molar-refractivity contribution < 1.29 is 13.6 Å². The number of carbonyl (C=O) groups is 1. The minimum Gasteiger partial charge on any atom is -0.294 e. The summed E-state index contributed by atoms with van der Waals surface area (Å²) in [6, 6.07) is 2.70. The fourth-order valence-corrected chi connectivity index (χ4v) is 1.71. The largest absolute Gasteiger partial charge is 0.294 e. The van der Waals surface area contributed by atoms with Crippen LogP contribution in [0.5, 0.6) is 0 Å². The van der Waals surface area contributed by atoms with Gasteiger partial charge in [-0.3, -0.25) is 9.48 Å². The summed E-state index contributed by atoms with van der Waals surface area (Å²) in [6.45, 7) is 3.25. The van der Waals surface area contributed by atoms with Gasteiger partial charge in [0.1, 0.15) is 0 Å². The minimum atomic E-state index is -0.871. The number of carbonyl (C=O) groups excluding carboxylic acids is 1. The third-order valence-corrected chi connectivity index (χ3v) is 2.65. The molecule has 0 aliphatic rings. The molecule has 0 saturated carbocycles. The lowest BCUT2D eigenvalue weighted by Crippen LogP contribution is -2.02. The Balaban J connectivity index is 2.25. The van der Waals surface area contributed by atoms with E-state index in [1.165, 1.54) is 24.7 Å². The van der Waals surface area contributed by atoms with Gasteiger partial charge in [0.25, 0.3) is 0 Å². The maximum absolute atomic E-state index is 13.2. The topological polar surface area (TPSA) is 34.9 Å². The van der Waals surface area contributed by atoms with Crippen LogP contribution >= 0.6 is 0 Å². The summed E-state index contributed by atoms with van der Waals surface area (Å²) in [5.41, 5.74) is 1.35. The van der Waals surface area contributed by atoms with Crippen LogP contribution in [0.2, 0.25) is 0 Å². The Hall–Kier alpha value is -2.04. The zero-order chi connectivity index (χ0) is 13.3. The summed E-state index contributed by atoms with van der Waals surface area (Å²) in [7, 11) is 0. The van der Waals surface area contributed by atoms with Crippen molar-refractivity contribution in [1.29, 1.82) is 0 Å². The molecule has 1 aromatic heterocycles. The first-order chi connectivity index (χ1) is 8.47. The van der Waals surface area contributed by atoms with Crippen molar-refractivity contribution in [3.8, 4) is 0 Å². The van der Waals surface area contributed by atoms with Crippen molar-refractivity contribution in [2.75, 3.05) is 0 Å². The third-order valence-electron chi connectivity index (χ3n) is 2.65. The first kappa shape index (κ1) is 12.4. The molecule has 0 atom stereocenters. The Kier molecular flexibility index (Phi) is 3.23. The van der Waals surface area contributed by atoms with E-state index in [0.717, 1.165) is 6.07 Å². The standard InChI is InChI=1S/C13H12F2N2O/c1-8-3-10(4-12(14)13(8)15)6-17-7-11(5-16-17)9(2)18/h3-5,7H,6H2,1-2H3. The van der Waals surface area contributed by atoms with Gasteiger partial charge in [0, 0.05) is 6.20 Å². The predicted molar refractivity (Wildman–Crippen MR) is 62.4 cm³/mol. The second-order valence-corrected chi connectivity index (χ2v) is 4.19. The number of aromatic nitrogens is 2. The van der Waals surface area contributed by atoms with Gasteiger partial charge in [0.2, 0.25) is 0 Å². The van der Waals surface area contributed by atoms with Crippen LogP contribution in [-0.4, -0.2) is 15.6 Å². The van der Waals surface area contributed by atoms with E-state index in [-0.39, 0.29) is 11.3 Å². The van der Waals surface area contributed by atoms with Crippen LogP contribution in [-0.2, 0) is 6.54 Å². The van der Waals surface area contributed by atoms with Crippen LogP contribution in [0.25, 0.3) is 0 Å². The Morgan fingerprint density at radius 3 is 2.67 bits per heavy atom. The summed E-state index contributed by atoms with van der Waals surface area (Å²) >= 11 is 0. The van der Waals surface area contributed by atoms with Gasteiger partial charge in [0.15, 0.2) is 17.4 Å². The summed E-state index contributed by atoms with van der Waals surface area (Å²) in [5, 5.41) is 3.99. The number of ketones is 1. The van der Waals surface area contributed by atoms with Gasteiger partial charge in [-0.1, -0.05) is 6.07 Å². The first-order valence-corrected chi connectivity index (χ1v) is 5.45. The van der Waals surface area contributed by atoms with Crippen LogP contribution < -0.4 is 0 Å². The molecule has 94 valence electrons. The van der Waals surface area contributed by atoms with Gasteiger partial charge in [0.05, 0.1) is 18.3 Å². The summed E-state index contributed by atoms with van der Waals surface area (Å²) in [5.74, 6) is -1.78. The monoisotopic (exact) mass is 250 g/mol. The molecule has 0 N–H and O–H groups in total. The van der Waals surface area contributed by atoms with Crippen molar-refractivity contribution in [2.45, 2.75) is 20.4 Å². The molecule has 0 radical (unpaired) electrons. The molecule has 1 aromatic carbocycles. The van der Waals surface area contributed by atoms with Gasteiger partial charge in [-0.15, -0.1) is 0 Å². The number of nitrogens with zero attached hydrogens (tertiary/aromatic N) is 2. The molecule has 1 heterocycles. The molecule has 0 spiro atoms. The lowest BCUT2D eigenvalue weighted by molar-refractivity contribution is 0.101.